The van der Waals surface area contributed by atoms with Crippen molar-refractivity contribution in [1.82, 2.24) is 9.71 Å². The first kappa shape index (κ1) is 24.8. The lowest BCUT2D eigenvalue weighted by molar-refractivity contribution is 0.0503. The van der Waals surface area contributed by atoms with E-state index >= 15 is 0 Å². The van der Waals surface area contributed by atoms with Gasteiger partial charge >= 0.3 is 0 Å². The Hall–Kier alpha value is -3.30. The number of aromatic nitrogens is 1. The van der Waals surface area contributed by atoms with E-state index in [1.165, 1.54) is 32.9 Å². The SMILES string of the molecule is CC(C)(C)S(=O)(=O)NC(=O)c1ccc(F)cc1-c1ccc2c(c1)OC[C@@H](Cc1ccccn1)[C@@H]2O. The zero-order valence-corrected chi connectivity index (χ0v) is 20.5. The Bertz CT molecular complexity index is 1350. The minimum absolute atomic E-state index is 0.00330. The molecule has 1 aliphatic heterocycles. The number of carbonyl (C=O) groups is 1. The summed E-state index contributed by atoms with van der Waals surface area (Å²) in [6.07, 6.45) is 1.45. The van der Waals surface area contributed by atoms with E-state index in [-0.39, 0.29) is 23.7 Å². The third-order valence-corrected chi connectivity index (χ3v) is 8.07. The number of benzene rings is 2. The van der Waals surface area contributed by atoms with Crippen molar-refractivity contribution in [3.63, 3.8) is 0 Å². The molecule has 0 saturated heterocycles. The number of halogens is 1. The fraction of sp³-hybridized carbons (Fsp3) is 0.308. The summed E-state index contributed by atoms with van der Waals surface area (Å²) in [7, 11) is -3.96. The maximum absolute atomic E-state index is 14.2. The van der Waals surface area contributed by atoms with Gasteiger partial charge in [0.05, 0.1) is 17.5 Å². The van der Waals surface area contributed by atoms with Crippen LogP contribution < -0.4 is 9.46 Å². The number of hydrogen-bond donors (Lipinski definition) is 2. The second-order valence-corrected chi connectivity index (χ2v) is 12.0. The molecule has 0 unspecified atom stereocenters. The number of nitrogens with zero attached hydrogens (tertiary/aromatic N) is 1. The summed E-state index contributed by atoms with van der Waals surface area (Å²) in [5.74, 6) is -1.21. The van der Waals surface area contributed by atoms with Gasteiger partial charge in [-0.05, 0) is 74.7 Å². The number of aliphatic hydroxyl groups is 1. The van der Waals surface area contributed by atoms with Crippen molar-refractivity contribution in [3.8, 4) is 16.9 Å². The summed E-state index contributed by atoms with van der Waals surface area (Å²) >= 11 is 0. The van der Waals surface area contributed by atoms with Gasteiger partial charge in [-0.15, -0.1) is 0 Å². The van der Waals surface area contributed by atoms with E-state index in [9.17, 15) is 22.7 Å². The lowest BCUT2D eigenvalue weighted by Crippen LogP contribution is -2.42. The van der Waals surface area contributed by atoms with Gasteiger partial charge in [-0.25, -0.2) is 17.5 Å². The molecule has 4 rings (SSSR count). The fourth-order valence-corrected chi connectivity index (χ4v) is 4.51. The van der Waals surface area contributed by atoms with E-state index in [0.29, 0.717) is 23.3 Å². The Morgan fingerprint density at radius 1 is 1.17 bits per heavy atom. The molecule has 2 atom stereocenters. The van der Waals surface area contributed by atoms with Crippen molar-refractivity contribution in [2.45, 2.75) is 38.0 Å². The van der Waals surface area contributed by atoms with Gasteiger partial charge in [-0.2, -0.15) is 0 Å². The zero-order valence-electron chi connectivity index (χ0n) is 19.7. The molecule has 0 aliphatic carbocycles. The monoisotopic (exact) mass is 498 g/mol. The van der Waals surface area contributed by atoms with Crippen molar-refractivity contribution in [2.75, 3.05) is 6.61 Å². The number of fused-ring (bicyclic) bond motifs is 1. The van der Waals surface area contributed by atoms with Crippen LogP contribution in [0.3, 0.4) is 0 Å². The fourth-order valence-electron chi connectivity index (χ4n) is 3.85. The van der Waals surface area contributed by atoms with Crippen molar-refractivity contribution in [2.24, 2.45) is 5.92 Å². The molecule has 184 valence electrons. The van der Waals surface area contributed by atoms with Crippen molar-refractivity contribution >= 4 is 15.9 Å². The van der Waals surface area contributed by atoms with Crippen LogP contribution in [0.1, 0.15) is 48.5 Å². The third kappa shape index (κ3) is 5.21. The summed E-state index contributed by atoms with van der Waals surface area (Å²) in [6.45, 7) is 4.68. The molecule has 0 radical (unpaired) electrons. The smallest absolute Gasteiger partial charge is 0.265 e. The van der Waals surface area contributed by atoms with Crippen molar-refractivity contribution in [1.29, 1.82) is 0 Å². The van der Waals surface area contributed by atoms with Crippen LogP contribution in [0.2, 0.25) is 0 Å². The van der Waals surface area contributed by atoms with Crippen LogP contribution in [0.5, 0.6) is 5.75 Å². The molecule has 1 aromatic heterocycles. The minimum Gasteiger partial charge on any atom is -0.493 e. The average Bonchev–Trinajstić information content (AvgIpc) is 2.80. The molecule has 1 aliphatic rings. The number of amides is 1. The van der Waals surface area contributed by atoms with Crippen LogP contribution in [-0.2, 0) is 16.4 Å². The summed E-state index contributed by atoms with van der Waals surface area (Å²) in [6, 6.07) is 14.1. The maximum atomic E-state index is 14.2. The van der Waals surface area contributed by atoms with Gasteiger partial charge in [-0.3, -0.25) is 9.78 Å². The largest absolute Gasteiger partial charge is 0.493 e. The molecule has 0 bridgehead atoms. The van der Waals surface area contributed by atoms with Crippen LogP contribution in [0.4, 0.5) is 4.39 Å². The Kier molecular flexibility index (Phi) is 6.66. The number of pyridine rings is 1. The summed E-state index contributed by atoms with van der Waals surface area (Å²) in [5.41, 5.74) is 2.10. The van der Waals surface area contributed by atoms with Gasteiger partial charge in [0.15, 0.2) is 0 Å². The number of carbonyl (C=O) groups excluding carboxylic acids is 1. The summed E-state index contributed by atoms with van der Waals surface area (Å²) < 4.78 is 45.9. The highest BCUT2D eigenvalue weighted by Gasteiger charge is 2.33. The molecule has 0 spiro atoms. The van der Waals surface area contributed by atoms with E-state index in [0.717, 1.165) is 11.8 Å². The maximum Gasteiger partial charge on any atom is 0.265 e. The Morgan fingerprint density at radius 3 is 2.63 bits per heavy atom. The molecule has 2 aromatic carbocycles. The van der Waals surface area contributed by atoms with Crippen LogP contribution in [0.15, 0.2) is 60.8 Å². The molecule has 0 fully saturated rings. The number of hydrogen-bond acceptors (Lipinski definition) is 6. The van der Waals surface area contributed by atoms with Crippen LogP contribution >= 0.6 is 0 Å². The lowest BCUT2D eigenvalue weighted by atomic mass is 9.88. The quantitative estimate of drug-likeness (QED) is 0.550. The van der Waals surface area contributed by atoms with Gasteiger partial charge in [0.2, 0.25) is 10.0 Å². The molecular weight excluding hydrogens is 471 g/mol. The number of ether oxygens (including phenoxy) is 1. The predicted molar refractivity (Wildman–Crippen MR) is 130 cm³/mol. The highest BCUT2D eigenvalue weighted by molar-refractivity contribution is 7.91. The molecule has 2 heterocycles. The second kappa shape index (κ2) is 9.39. The highest BCUT2D eigenvalue weighted by atomic mass is 32.2. The third-order valence-electron chi connectivity index (χ3n) is 6.00. The van der Waals surface area contributed by atoms with Crippen LogP contribution in [0.25, 0.3) is 11.1 Å². The highest BCUT2D eigenvalue weighted by Crippen LogP contribution is 2.39. The molecule has 3 aromatic rings. The van der Waals surface area contributed by atoms with E-state index in [2.05, 4.69) is 9.71 Å². The van der Waals surface area contributed by atoms with Gasteiger partial charge in [-0.1, -0.05) is 18.2 Å². The average molecular weight is 499 g/mol. The standard InChI is InChI=1S/C26H27FN2O5S/c1-26(2,3)35(32,33)29-25(31)20-10-8-18(27)14-22(20)16-7-9-21-23(13-16)34-15-17(24(21)30)12-19-6-4-5-11-28-19/h4-11,13-14,17,24,30H,12,15H2,1-3H3,(H,29,31)/t17-,24+/m1/s1. The van der Waals surface area contributed by atoms with Crippen molar-refractivity contribution in [3.05, 3.63) is 83.4 Å². The number of sulfonamides is 1. The molecule has 9 heteroatoms. The molecule has 0 saturated carbocycles. The lowest BCUT2D eigenvalue weighted by Gasteiger charge is -2.30. The van der Waals surface area contributed by atoms with Gasteiger partial charge in [0.25, 0.3) is 5.91 Å². The minimum atomic E-state index is -3.96. The number of aliphatic hydroxyl groups excluding tert-OH is 1. The molecular formula is C26H27FN2O5S. The van der Waals surface area contributed by atoms with E-state index < -0.39 is 32.6 Å². The molecule has 2 N–H and O–H groups in total. The Labute approximate surface area is 204 Å². The normalized spacial score (nSPS) is 17.9. The summed E-state index contributed by atoms with van der Waals surface area (Å²) in [4.78, 5) is 17.2. The molecule has 35 heavy (non-hydrogen) atoms. The topological polar surface area (TPSA) is 106 Å². The predicted octanol–water partition coefficient (Wildman–Crippen LogP) is 4.03. The van der Waals surface area contributed by atoms with Crippen LogP contribution in [0, 0.1) is 11.7 Å². The first-order valence-corrected chi connectivity index (χ1v) is 12.7. The van der Waals surface area contributed by atoms with E-state index in [1.54, 1.807) is 24.4 Å². The molecule has 7 nitrogen and oxygen atoms in total. The molecule has 1 amide bonds. The zero-order chi connectivity index (χ0) is 25.4. The number of rotatable bonds is 5. The number of nitrogens with one attached hydrogen (secondary N) is 1. The van der Waals surface area contributed by atoms with Gasteiger partial charge < -0.3 is 9.84 Å². The van der Waals surface area contributed by atoms with E-state index in [4.69, 9.17) is 4.74 Å². The first-order chi connectivity index (χ1) is 16.5. The Morgan fingerprint density at radius 2 is 1.94 bits per heavy atom. The second-order valence-electron chi connectivity index (χ2n) is 9.53. The Balaban J connectivity index is 1.64. The summed E-state index contributed by atoms with van der Waals surface area (Å²) in [5, 5.41) is 10.9. The van der Waals surface area contributed by atoms with Crippen LogP contribution in [-0.4, -0.2) is 35.8 Å². The van der Waals surface area contributed by atoms with E-state index in [1.807, 2.05) is 18.2 Å². The van der Waals surface area contributed by atoms with Gasteiger partial charge in [0, 0.05) is 28.9 Å². The first-order valence-electron chi connectivity index (χ1n) is 11.2. The van der Waals surface area contributed by atoms with Crippen molar-refractivity contribution < 1.29 is 27.4 Å². The van der Waals surface area contributed by atoms with Gasteiger partial charge in [0.1, 0.15) is 11.6 Å².